The molecule has 0 aliphatic carbocycles. The Morgan fingerprint density at radius 1 is 0.800 bits per heavy atom. The zero-order valence-corrected chi connectivity index (χ0v) is 13.7. The van der Waals surface area contributed by atoms with Gasteiger partial charge >= 0.3 is 0 Å². The second kappa shape index (κ2) is 8.02. The third-order valence-corrected chi connectivity index (χ3v) is 3.86. The summed E-state index contributed by atoms with van der Waals surface area (Å²) in [5.41, 5.74) is 2.99. The highest BCUT2D eigenvalue weighted by Gasteiger charge is 2.09. The number of ketones is 1. The van der Waals surface area contributed by atoms with Crippen molar-refractivity contribution in [3.63, 3.8) is 0 Å². The van der Waals surface area contributed by atoms with Crippen molar-refractivity contribution in [3.8, 4) is 0 Å². The maximum atomic E-state index is 12.3. The lowest BCUT2D eigenvalue weighted by Gasteiger charge is -2.07. The summed E-state index contributed by atoms with van der Waals surface area (Å²) in [7, 11) is 0. The maximum Gasteiger partial charge on any atom is 0.224 e. The third-order valence-electron chi connectivity index (χ3n) is 3.86. The summed E-state index contributed by atoms with van der Waals surface area (Å²) in [4.78, 5) is 28.3. The minimum atomic E-state index is -0.0654. The summed E-state index contributed by atoms with van der Waals surface area (Å²) in [6.07, 6.45) is 4.30. The first kappa shape index (κ1) is 16.6. The van der Waals surface area contributed by atoms with E-state index in [1.165, 1.54) is 0 Å². The van der Waals surface area contributed by atoms with Crippen LogP contribution < -0.4 is 5.32 Å². The minimum Gasteiger partial charge on any atom is -0.326 e. The van der Waals surface area contributed by atoms with E-state index in [1.54, 1.807) is 48.8 Å². The molecule has 0 spiro atoms. The average molecular weight is 330 g/mol. The minimum absolute atomic E-state index is 0.0444. The van der Waals surface area contributed by atoms with Gasteiger partial charge < -0.3 is 5.32 Å². The van der Waals surface area contributed by atoms with E-state index in [-0.39, 0.29) is 11.7 Å². The van der Waals surface area contributed by atoms with Gasteiger partial charge in [0.25, 0.3) is 0 Å². The molecule has 0 fully saturated rings. The van der Waals surface area contributed by atoms with E-state index >= 15 is 0 Å². The summed E-state index contributed by atoms with van der Waals surface area (Å²) in [6.45, 7) is 0. The lowest BCUT2D eigenvalue weighted by molar-refractivity contribution is -0.116. The number of nitrogens with zero attached hydrogens (tertiary/aromatic N) is 1. The van der Waals surface area contributed by atoms with Crippen LogP contribution in [0.15, 0.2) is 79.1 Å². The third kappa shape index (κ3) is 4.61. The summed E-state index contributed by atoms with van der Waals surface area (Å²) in [6, 6.07) is 20.2. The van der Waals surface area contributed by atoms with Crippen LogP contribution in [0.3, 0.4) is 0 Å². The maximum absolute atomic E-state index is 12.3. The molecular formula is C21H18N2O2. The van der Waals surface area contributed by atoms with Crippen LogP contribution >= 0.6 is 0 Å². The van der Waals surface area contributed by atoms with Gasteiger partial charge in [0.15, 0.2) is 5.78 Å². The van der Waals surface area contributed by atoms with E-state index in [9.17, 15) is 9.59 Å². The summed E-state index contributed by atoms with van der Waals surface area (Å²) >= 11 is 0. The van der Waals surface area contributed by atoms with Gasteiger partial charge in [-0.15, -0.1) is 0 Å². The van der Waals surface area contributed by atoms with Crippen molar-refractivity contribution in [3.05, 3.63) is 95.8 Å². The highest BCUT2D eigenvalue weighted by molar-refractivity contribution is 6.09. The van der Waals surface area contributed by atoms with Gasteiger partial charge in [-0.05, 0) is 48.4 Å². The fourth-order valence-corrected chi connectivity index (χ4v) is 2.50. The van der Waals surface area contributed by atoms with Gasteiger partial charge in [0.05, 0.1) is 0 Å². The normalized spacial score (nSPS) is 10.2. The van der Waals surface area contributed by atoms with Gasteiger partial charge in [-0.25, -0.2) is 0 Å². The van der Waals surface area contributed by atoms with Crippen molar-refractivity contribution >= 4 is 17.4 Å². The van der Waals surface area contributed by atoms with Crippen molar-refractivity contribution in [1.82, 2.24) is 4.98 Å². The molecule has 0 bridgehead atoms. The Morgan fingerprint density at radius 3 is 2.12 bits per heavy atom. The lowest BCUT2D eigenvalue weighted by Crippen LogP contribution is -2.12. The van der Waals surface area contributed by atoms with E-state index < -0.39 is 0 Å². The number of carbonyl (C=O) groups is 2. The van der Waals surface area contributed by atoms with E-state index in [0.717, 1.165) is 5.56 Å². The lowest BCUT2D eigenvalue weighted by atomic mass is 10.0. The molecule has 4 nitrogen and oxygen atoms in total. The second-order valence-corrected chi connectivity index (χ2v) is 5.68. The van der Waals surface area contributed by atoms with E-state index in [1.807, 2.05) is 30.3 Å². The van der Waals surface area contributed by atoms with Crippen LogP contribution in [0.2, 0.25) is 0 Å². The fourth-order valence-electron chi connectivity index (χ4n) is 2.50. The topological polar surface area (TPSA) is 59.1 Å². The van der Waals surface area contributed by atoms with Crippen molar-refractivity contribution < 1.29 is 9.59 Å². The van der Waals surface area contributed by atoms with Crippen LogP contribution in [0.5, 0.6) is 0 Å². The first-order valence-electron chi connectivity index (χ1n) is 8.11. The average Bonchev–Trinajstić information content (AvgIpc) is 2.68. The Labute approximate surface area is 146 Å². The summed E-state index contributed by atoms with van der Waals surface area (Å²) in [5.74, 6) is -0.110. The monoisotopic (exact) mass is 330 g/mol. The molecule has 1 N–H and O–H groups in total. The Kier molecular flexibility index (Phi) is 5.32. The van der Waals surface area contributed by atoms with E-state index in [4.69, 9.17) is 0 Å². The molecule has 3 rings (SSSR count). The summed E-state index contributed by atoms with van der Waals surface area (Å²) < 4.78 is 0. The number of benzene rings is 2. The molecular weight excluding hydrogens is 312 g/mol. The molecule has 2 aromatic carbocycles. The molecule has 25 heavy (non-hydrogen) atoms. The number of hydrogen-bond acceptors (Lipinski definition) is 3. The molecule has 124 valence electrons. The van der Waals surface area contributed by atoms with Gasteiger partial charge in [0.1, 0.15) is 0 Å². The largest absolute Gasteiger partial charge is 0.326 e. The Bertz CT molecular complexity index is 844. The standard InChI is InChI=1S/C21H18N2O2/c24-20(11-6-16-4-2-1-3-5-16)23-19-9-7-17(8-10-19)21(25)18-12-14-22-15-13-18/h1-5,7-10,12-15H,6,11H2,(H,23,24). The molecule has 1 heterocycles. The van der Waals surface area contributed by atoms with Crippen LogP contribution in [0.25, 0.3) is 0 Å². The van der Waals surface area contributed by atoms with Crippen LogP contribution in [-0.4, -0.2) is 16.7 Å². The molecule has 1 aromatic heterocycles. The number of anilines is 1. The van der Waals surface area contributed by atoms with Crippen LogP contribution in [0.1, 0.15) is 27.9 Å². The number of carbonyl (C=O) groups excluding carboxylic acids is 2. The van der Waals surface area contributed by atoms with Crippen molar-refractivity contribution in [2.45, 2.75) is 12.8 Å². The predicted molar refractivity (Wildman–Crippen MR) is 97.5 cm³/mol. The van der Waals surface area contributed by atoms with Gasteiger partial charge in [-0.1, -0.05) is 30.3 Å². The smallest absolute Gasteiger partial charge is 0.224 e. The molecule has 1 amide bonds. The first-order valence-corrected chi connectivity index (χ1v) is 8.11. The molecule has 0 aliphatic rings. The number of hydrogen-bond donors (Lipinski definition) is 1. The zero-order chi connectivity index (χ0) is 17.5. The van der Waals surface area contributed by atoms with Crippen molar-refractivity contribution in [2.24, 2.45) is 0 Å². The molecule has 3 aromatic rings. The van der Waals surface area contributed by atoms with Gasteiger partial charge in [-0.3, -0.25) is 14.6 Å². The number of aryl methyl sites for hydroxylation is 1. The number of nitrogens with one attached hydrogen (secondary N) is 1. The highest BCUT2D eigenvalue weighted by atomic mass is 16.1. The fraction of sp³-hybridized carbons (Fsp3) is 0.0952. The van der Waals surface area contributed by atoms with Gasteiger partial charge in [-0.2, -0.15) is 0 Å². The molecule has 0 saturated carbocycles. The highest BCUT2D eigenvalue weighted by Crippen LogP contribution is 2.14. The second-order valence-electron chi connectivity index (χ2n) is 5.68. The molecule has 0 unspecified atom stereocenters. The van der Waals surface area contributed by atoms with Gasteiger partial charge in [0, 0.05) is 35.6 Å². The predicted octanol–water partition coefficient (Wildman–Crippen LogP) is 3.88. The summed E-state index contributed by atoms with van der Waals surface area (Å²) in [5, 5.41) is 2.86. The van der Waals surface area contributed by atoms with Crippen LogP contribution in [0, 0.1) is 0 Å². The quantitative estimate of drug-likeness (QED) is 0.698. The van der Waals surface area contributed by atoms with Crippen LogP contribution in [-0.2, 0) is 11.2 Å². The Morgan fingerprint density at radius 2 is 1.44 bits per heavy atom. The number of aromatic nitrogens is 1. The number of pyridine rings is 1. The molecule has 0 saturated heterocycles. The Hall–Kier alpha value is -3.27. The molecule has 0 radical (unpaired) electrons. The van der Waals surface area contributed by atoms with Crippen LogP contribution in [0.4, 0.5) is 5.69 Å². The molecule has 4 heteroatoms. The zero-order valence-electron chi connectivity index (χ0n) is 13.7. The SMILES string of the molecule is O=C(CCc1ccccc1)Nc1ccc(C(=O)c2ccncc2)cc1. The van der Waals surface area contributed by atoms with Crippen molar-refractivity contribution in [2.75, 3.05) is 5.32 Å². The van der Waals surface area contributed by atoms with Gasteiger partial charge in [0.2, 0.25) is 5.91 Å². The van der Waals surface area contributed by atoms with E-state index in [2.05, 4.69) is 10.3 Å². The molecule has 0 aliphatic heterocycles. The number of amides is 1. The number of rotatable bonds is 6. The van der Waals surface area contributed by atoms with E-state index in [0.29, 0.717) is 29.7 Å². The molecule has 0 atom stereocenters. The Balaban J connectivity index is 1.57. The first-order chi connectivity index (χ1) is 12.2. The van der Waals surface area contributed by atoms with Crippen molar-refractivity contribution in [1.29, 1.82) is 0 Å².